The monoisotopic (exact) mass is 329 g/mol. The third-order valence-electron chi connectivity index (χ3n) is 4.93. The number of urea groups is 1. The molecule has 6 nitrogen and oxygen atoms in total. The van der Waals surface area contributed by atoms with Crippen LogP contribution < -0.4 is 10.6 Å². The lowest BCUT2D eigenvalue weighted by Gasteiger charge is -2.30. The fourth-order valence-electron chi connectivity index (χ4n) is 3.57. The van der Waals surface area contributed by atoms with E-state index in [1.807, 2.05) is 37.3 Å². The maximum Gasteiger partial charge on any atom is 0.325 e. The molecule has 6 heteroatoms. The molecule has 1 aliphatic carbocycles. The fourth-order valence-corrected chi connectivity index (χ4v) is 3.57. The van der Waals surface area contributed by atoms with Crippen molar-refractivity contribution in [1.82, 2.24) is 15.5 Å². The largest absolute Gasteiger partial charge is 0.348 e. The first kappa shape index (κ1) is 16.5. The summed E-state index contributed by atoms with van der Waals surface area (Å²) in [5, 5.41) is 5.66. The van der Waals surface area contributed by atoms with Crippen LogP contribution in [0, 0.1) is 0 Å². The van der Waals surface area contributed by atoms with Crippen molar-refractivity contribution in [2.45, 2.75) is 50.6 Å². The van der Waals surface area contributed by atoms with E-state index >= 15 is 0 Å². The van der Waals surface area contributed by atoms with Crippen molar-refractivity contribution in [3.63, 3.8) is 0 Å². The van der Waals surface area contributed by atoms with Gasteiger partial charge in [-0.1, -0.05) is 49.6 Å². The average molecular weight is 329 g/mol. The summed E-state index contributed by atoms with van der Waals surface area (Å²) in [7, 11) is 0. The highest BCUT2D eigenvalue weighted by Crippen LogP contribution is 2.33. The van der Waals surface area contributed by atoms with Crippen LogP contribution in [0.3, 0.4) is 0 Å². The van der Waals surface area contributed by atoms with Crippen LogP contribution in [0.25, 0.3) is 0 Å². The molecule has 0 unspecified atom stereocenters. The van der Waals surface area contributed by atoms with Gasteiger partial charge >= 0.3 is 6.03 Å². The minimum Gasteiger partial charge on any atom is -0.348 e. The zero-order valence-corrected chi connectivity index (χ0v) is 13.9. The summed E-state index contributed by atoms with van der Waals surface area (Å²) in [6, 6.07) is 8.94. The predicted molar refractivity (Wildman–Crippen MR) is 89.1 cm³/mol. The summed E-state index contributed by atoms with van der Waals surface area (Å²) < 4.78 is 0. The molecule has 1 aromatic carbocycles. The molecular weight excluding hydrogens is 306 g/mol. The Kier molecular flexibility index (Phi) is 4.55. The number of hydrogen-bond donors (Lipinski definition) is 2. The van der Waals surface area contributed by atoms with Crippen LogP contribution in [-0.2, 0) is 9.59 Å². The Morgan fingerprint density at radius 3 is 2.54 bits per heavy atom. The van der Waals surface area contributed by atoms with Gasteiger partial charge < -0.3 is 10.6 Å². The summed E-state index contributed by atoms with van der Waals surface area (Å²) in [5.41, 5.74) is 0.201. The molecule has 128 valence electrons. The number of imide groups is 1. The molecule has 24 heavy (non-hydrogen) atoms. The molecule has 4 amide bonds. The van der Waals surface area contributed by atoms with Crippen LogP contribution in [0.15, 0.2) is 30.3 Å². The van der Waals surface area contributed by atoms with Crippen molar-refractivity contribution in [2.75, 3.05) is 6.54 Å². The van der Waals surface area contributed by atoms with Gasteiger partial charge in [0.2, 0.25) is 5.91 Å². The van der Waals surface area contributed by atoms with E-state index in [9.17, 15) is 14.4 Å². The van der Waals surface area contributed by atoms with Crippen molar-refractivity contribution in [1.29, 1.82) is 0 Å². The van der Waals surface area contributed by atoms with Crippen LogP contribution >= 0.6 is 0 Å². The summed E-state index contributed by atoms with van der Waals surface area (Å²) in [6.07, 6.45) is 4.26. The molecule has 1 heterocycles. The van der Waals surface area contributed by atoms with E-state index in [-0.39, 0.29) is 24.4 Å². The van der Waals surface area contributed by atoms with Crippen LogP contribution in [0.1, 0.15) is 50.6 Å². The Hall–Kier alpha value is -2.37. The maximum atomic E-state index is 12.6. The Bertz CT molecular complexity index is 638. The molecule has 0 bridgehead atoms. The van der Waals surface area contributed by atoms with Crippen LogP contribution in [0.4, 0.5) is 4.79 Å². The van der Waals surface area contributed by atoms with Crippen molar-refractivity contribution in [3.05, 3.63) is 35.9 Å². The van der Waals surface area contributed by atoms with Crippen LogP contribution in [0.5, 0.6) is 0 Å². The van der Waals surface area contributed by atoms with E-state index in [0.717, 1.165) is 29.7 Å². The maximum absolute atomic E-state index is 12.6. The fraction of sp³-hybridized carbons (Fsp3) is 0.500. The lowest BCUT2D eigenvalue weighted by atomic mass is 9.82. The molecular formula is C18H23N3O3. The van der Waals surface area contributed by atoms with E-state index in [2.05, 4.69) is 10.6 Å². The minimum atomic E-state index is -0.777. The second-order valence-electron chi connectivity index (χ2n) is 6.66. The number of nitrogens with zero attached hydrogens (tertiary/aromatic N) is 1. The second kappa shape index (κ2) is 6.63. The van der Waals surface area contributed by atoms with Crippen molar-refractivity contribution in [3.8, 4) is 0 Å². The van der Waals surface area contributed by atoms with Gasteiger partial charge in [0.15, 0.2) is 0 Å². The average Bonchev–Trinajstić information content (AvgIpc) is 2.80. The first-order valence-corrected chi connectivity index (χ1v) is 8.50. The minimum absolute atomic E-state index is 0.178. The van der Waals surface area contributed by atoms with E-state index in [4.69, 9.17) is 0 Å². The van der Waals surface area contributed by atoms with E-state index in [1.165, 1.54) is 0 Å². The van der Waals surface area contributed by atoms with E-state index in [1.54, 1.807) is 0 Å². The molecule has 3 rings (SSSR count). The highest BCUT2D eigenvalue weighted by Gasteiger charge is 2.51. The summed E-state index contributed by atoms with van der Waals surface area (Å²) in [5.74, 6) is -0.586. The molecule has 1 aromatic rings. The van der Waals surface area contributed by atoms with Gasteiger partial charge in [0, 0.05) is 0 Å². The van der Waals surface area contributed by atoms with Gasteiger partial charge in [-0.2, -0.15) is 0 Å². The van der Waals surface area contributed by atoms with Crippen LogP contribution in [0.2, 0.25) is 0 Å². The highest BCUT2D eigenvalue weighted by atomic mass is 16.2. The Labute approximate surface area is 141 Å². The van der Waals surface area contributed by atoms with Gasteiger partial charge in [-0.3, -0.25) is 14.5 Å². The first-order chi connectivity index (χ1) is 11.5. The second-order valence-corrected chi connectivity index (χ2v) is 6.66. The lowest BCUT2D eigenvalue weighted by molar-refractivity contribution is -0.136. The number of carbonyl (C=O) groups excluding carboxylic acids is 3. The number of amides is 4. The number of nitrogens with one attached hydrogen (secondary N) is 2. The molecule has 2 N–H and O–H groups in total. The topological polar surface area (TPSA) is 78.5 Å². The molecule has 0 aromatic heterocycles. The smallest absolute Gasteiger partial charge is 0.325 e. The Morgan fingerprint density at radius 1 is 1.21 bits per heavy atom. The molecule has 0 radical (unpaired) electrons. The first-order valence-electron chi connectivity index (χ1n) is 8.50. The molecule has 2 aliphatic rings. The summed E-state index contributed by atoms with van der Waals surface area (Å²) in [4.78, 5) is 38.1. The molecule has 1 spiro atoms. The molecule has 1 atom stereocenters. The van der Waals surface area contributed by atoms with E-state index in [0.29, 0.717) is 12.8 Å². The lowest BCUT2D eigenvalue weighted by Crippen LogP contribution is -2.49. The number of carbonyl (C=O) groups is 3. The van der Waals surface area contributed by atoms with Crippen molar-refractivity contribution >= 4 is 17.8 Å². The molecule has 1 saturated carbocycles. The van der Waals surface area contributed by atoms with Gasteiger partial charge in [-0.05, 0) is 25.3 Å². The Morgan fingerprint density at radius 2 is 1.88 bits per heavy atom. The normalized spacial score (nSPS) is 20.8. The summed E-state index contributed by atoms with van der Waals surface area (Å²) in [6.45, 7) is 1.64. The van der Waals surface area contributed by atoms with E-state index < -0.39 is 11.6 Å². The quantitative estimate of drug-likeness (QED) is 0.831. The number of benzene rings is 1. The Balaban J connectivity index is 1.62. The number of rotatable bonds is 4. The van der Waals surface area contributed by atoms with Crippen molar-refractivity contribution < 1.29 is 14.4 Å². The zero-order chi connectivity index (χ0) is 17.2. The molecule has 2 fully saturated rings. The molecule has 1 aliphatic heterocycles. The van der Waals surface area contributed by atoms with Gasteiger partial charge in [0.05, 0.1) is 6.04 Å². The van der Waals surface area contributed by atoms with Crippen molar-refractivity contribution in [2.24, 2.45) is 0 Å². The summed E-state index contributed by atoms with van der Waals surface area (Å²) >= 11 is 0. The SMILES string of the molecule is C[C@@H](NC(=O)CN1C(=O)NC2(CCCCC2)C1=O)c1ccccc1. The third kappa shape index (κ3) is 3.13. The predicted octanol–water partition coefficient (Wildman–Crippen LogP) is 2.12. The third-order valence-corrected chi connectivity index (χ3v) is 4.93. The zero-order valence-electron chi connectivity index (χ0n) is 13.9. The van der Waals surface area contributed by atoms with Crippen LogP contribution in [-0.4, -0.2) is 34.8 Å². The molecule has 1 saturated heterocycles. The number of hydrogen-bond acceptors (Lipinski definition) is 3. The van der Waals surface area contributed by atoms with Gasteiger partial charge in [-0.25, -0.2) is 4.79 Å². The standard InChI is InChI=1S/C18H23N3O3/c1-13(14-8-4-2-5-9-14)19-15(22)12-21-16(23)18(20-17(21)24)10-6-3-7-11-18/h2,4-5,8-9,13H,3,6-7,10-12H2,1H3,(H,19,22)(H,20,24)/t13-/m1/s1. The van der Waals surface area contributed by atoms with Gasteiger partial charge in [0.25, 0.3) is 5.91 Å². The van der Waals surface area contributed by atoms with Gasteiger partial charge in [-0.15, -0.1) is 0 Å². The highest BCUT2D eigenvalue weighted by molar-refractivity contribution is 6.09. The van der Waals surface area contributed by atoms with Gasteiger partial charge in [0.1, 0.15) is 12.1 Å².